The SMILES string of the molecule is CC(=O)c1cc(C(=O)NC(CO)c2ccco2)n(C)c1. The van der Waals surface area contributed by atoms with Crippen LogP contribution in [-0.2, 0) is 7.05 Å². The van der Waals surface area contributed by atoms with E-state index in [4.69, 9.17) is 4.42 Å². The van der Waals surface area contributed by atoms with Crippen molar-refractivity contribution in [2.75, 3.05) is 6.61 Å². The molecule has 6 heteroatoms. The van der Waals surface area contributed by atoms with E-state index in [0.717, 1.165) is 0 Å². The standard InChI is InChI=1S/C14H16N2O4/c1-9(18)10-6-12(16(2)7-10)14(19)15-11(8-17)13-4-3-5-20-13/h3-7,11,17H,8H2,1-2H3,(H,15,19). The van der Waals surface area contributed by atoms with Crippen LogP contribution >= 0.6 is 0 Å². The summed E-state index contributed by atoms with van der Waals surface area (Å²) in [5.74, 6) is -0.0123. The van der Waals surface area contributed by atoms with Gasteiger partial charge in [0.2, 0.25) is 0 Å². The third-order valence-electron chi connectivity index (χ3n) is 3.02. The lowest BCUT2D eigenvalue weighted by Gasteiger charge is -2.14. The van der Waals surface area contributed by atoms with Crippen molar-refractivity contribution in [3.63, 3.8) is 0 Å². The smallest absolute Gasteiger partial charge is 0.268 e. The fourth-order valence-electron chi connectivity index (χ4n) is 1.91. The number of Topliss-reactive ketones (excluding diaryl/α,β-unsaturated/α-hetero) is 1. The van der Waals surface area contributed by atoms with Gasteiger partial charge in [0.15, 0.2) is 5.78 Å². The Labute approximate surface area is 116 Å². The number of aliphatic hydroxyl groups is 1. The van der Waals surface area contributed by atoms with Gasteiger partial charge in [-0.3, -0.25) is 9.59 Å². The van der Waals surface area contributed by atoms with Crippen LogP contribution in [0.1, 0.15) is 39.6 Å². The highest BCUT2D eigenvalue weighted by molar-refractivity contribution is 5.99. The van der Waals surface area contributed by atoms with Crippen molar-refractivity contribution < 1.29 is 19.1 Å². The van der Waals surface area contributed by atoms with E-state index < -0.39 is 6.04 Å². The van der Waals surface area contributed by atoms with Gasteiger partial charge >= 0.3 is 0 Å². The molecule has 2 heterocycles. The van der Waals surface area contributed by atoms with Gasteiger partial charge in [-0.05, 0) is 25.1 Å². The molecule has 0 fully saturated rings. The molecule has 1 unspecified atom stereocenters. The number of hydrogen-bond donors (Lipinski definition) is 2. The zero-order valence-electron chi connectivity index (χ0n) is 11.3. The van der Waals surface area contributed by atoms with Crippen LogP contribution in [0.15, 0.2) is 35.1 Å². The number of hydrogen-bond acceptors (Lipinski definition) is 4. The molecule has 0 aliphatic rings. The summed E-state index contributed by atoms with van der Waals surface area (Å²) in [4.78, 5) is 23.5. The van der Waals surface area contributed by atoms with Crippen molar-refractivity contribution in [2.24, 2.45) is 7.05 Å². The lowest BCUT2D eigenvalue weighted by atomic mass is 10.2. The number of aliphatic hydroxyl groups excluding tert-OH is 1. The zero-order chi connectivity index (χ0) is 14.7. The van der Waals surface area contributed by atoms with E-state index in [1.807, 2.05) is 0 Å². The molecule has 0 aromatic carbocycles. The molecule has 1 atom stereocenters. The van der Waals surface area contributed by atoms with Gasteiger partial charge in [-0.25, -0.2) is 0 Å². The fraction of sp³-hybridized carbons (Fsp3) is 0.286. The molecule has 2 aromatic rings. The highest BCUT2D eigenvalue weighted by atomic mass is 16.3. The number of nitrogens with zero attached hydrogens (tertiary/aromatic N) is 1. The summed E-state index contributed by atoms with van der Waals surface area (Å²) in [6.45, 7) is 1.17. The molecule has 0 spiro atoms. The first kappa shape index (κ1) is 14.1. The fourth-order valence-corrected chi connectivity index (χ4v) is 1.91. The lowest BCUT2D eigenvalue weighted by molar-refractivity contribution is 0.0899. The summed E-state index contributed by atoms with van der Waals surface area (Å²) in [6, 6.07) is 4.26. The Balaban J connectivity index is 2.17. The van der Waals surface area contributed by atoms with Crippen molar-refractivity contribution in [3.05, 3.63) is 47.7 Å². The van der Waals surface area contributed by atoms with Crippen molar-refractivity contribution in [3.8, 4) is 0 Å². The van der Waals surface area contributed by atoms with Crippen molar-refractivity contribution >= 4 is 11.7 Å². The molecule has 2 rings (SSSR count). The van der Waals surface area contributed by atoms with Crippen LogP contribution in [0.4, 0.5) is 0 Å². The van der Waals surface area contributed by atoms with Gasteiger partial charge in [-0.1, -0.05) is 0 Å². The third-order valence-corrected chi connectivity index (χ3v) is 3.02. The minimum atomic E-state index is -0.617. The quantitative estimate of drug-likeness (QED) is 0.806. The van der Waals surface area contributed by atoms with Gasteiger partial charge in [0.1, 0.15) is 17.5 Å². The molecule has 1 amide bonds. The highest BCUT2D eigenvalue weighted by Gasteiger charge is 2.20. The average molecular weight is 276 g/mol. The van der Waals surface area contributed by atoms with E-state index in [9.17, 15) is 14.7 Å². The molecule has 0 bridgehead atoms. The molecule has 0 aliphatic heterocycles. The average Bonchev–Trinajstić information content (AvgIpc) is 3.04. The summed E-state index contributed by atoms with van der Waals surface area (Å²) in [5, 5.41) is 12.0. The predicted octanol–water partition coefficient (Wildman–Crippen LogP) is 1.28. The molecule has 0 radical (unpaired) electrons. The largest absolute Gasteiger partial charge is 0.467 e. The van der Waals surface area contributed by atoms with Crippen LogP contribution in [0, 0.1) is 0 Å². The maximum atomic E-state index is 12.2. The number of carbonyl (C=O) groups is 2. The van der Waals surface area contributed by atoms with Crippen LogP contribution in [0.3, 0.4) is 0 Å². The number of aromatic nitrogens is 1. The summed E-state index contributed by atoms with van der Waals surface area (Å²) < 4.78 is 6.73. The predicted molar refractivity (Wildman–Crippen MR) is 71.4 cm³/mol. The molecule has 106 valence electrons. The molecular formula is C14H16N2O4. The lowest BCUT2D eigenvalue weighted by Crippen LogP contribution is -2.31. The van der Waals surface area contributed by atoms with Crippen molar-refractivity contribution in [1.29, 1.82) is 0 Å². The number of furan rings is 1. The van der Waals surface area contributed by atoms with Gasteiger partial charge in [0, 0.05) is 18.8 Å². The van der Waals surface area contributed by atoms with E-state index in [1.165, 1.54) is 19.3 Å². The minimum absolute atomic E-state index is 0.107. The Morgan fingerprint density at radius 1 is 1.50 bits per heavy atom. The number of ketones is 1. The van der Waals surface area contributed by atoms with Crippen LogP contribution in [0.25, 0.3) is 0 Å². The monoisotopic (exact) mass is 276 g/mol. The normalized spacial score (nSPS) is 12.2. The maximum absolute atomic E-state index is 12.2. The maximum Gasteiger partial charge on any atom is 0.268 e. The van der Waals surface area contributed by atoms with E-state index in [0.29, 0.717) is 17.0 Å². The van der Waals surface area contributed by atoms with Crippen LogP contribution in [-0.4, -0.2) is 28.0 Å². The number of aryl methyl sites for hydroxylation is 1. The Hall–Kier alpha value is -2.34. The van der Waals surface area contributed by atoms with Crippen LogP contribution in [0.5, 0.6) is 0 Å². The molecular weight excluding hydrogens is 260 g/mol. The molecule has 2 N–H and O–H groups in total. The Morgan fingerprint density at radius 2 is 2.25 bits per heavy atom. The molecule has 2 aromatic heterocycles. The first-order chi connectivity index (χ1) is 9.52. The topological polar surface area (TPSA) is 84.5 Å². The van der Waals surface area contributed by atoms with Crippen molar-refractivity contribution in [1.82, 2.24) is 9.88 Å². The van der Waals surface area contributed by atoms with Gasteiger partial charge in [-0.2, -0.15) is 0 Å². The molecule has 20 heavy (non-hydrogen) atoms. The number of rotatable bonds is 5. The van der Waals surface area contributed by atoms with Gasteiger partial charge in [0.05, 0.1) is 12.9 Å². The first-order valence-corrected chi connectivity index (χ1v) is 6.15. The molecule has 0 aliphatic carbocycles. The van der Waals surface area contributed by atoms with E-state index in [-0.39, 0.29) is 18.3 Å². The van der Waals surface area contributed by atoms with E-state index in [1.54, 1.807) is 29.9 Å². The van der Waals surface area contributed by atoms with E-state index >= 15 is 0 Å². The summed E-state index contributed by atoms with van der Waals surface area (Å²) >= 11 is 0. The van der Waals surface area contributed by atoms with Gasteiger partial charge in [-0.15, -0.1) is 0 Å². The first-order valence-electron chi connectivity index (χ1n) is 6.15. The number of amides is 1. The Kier molecular flexibility index (Phi) is 4.05. The molecule has 6 nitrogen and oxygen atoms in total. The highest BCUT2D eigenvalue weighted by Crippen LogP contribution is 2.15. The van der Waals surface area contributed by atoms with Crippen LogP contribution < -0.4 is 5.32 Å². The van der Waals surface area contributed by atoms with E-state index in [2.05, 4.69) is 5.32 Å². The second kappa shape index (κ2) is 5.75. The zero-order valence-corrected chi connectivity index (χ0v) is 11.3. The van der Waals surface area contributed by atoms with Gasteiger partial charge < -0.3 is 19.4 Å². The Morgan fingerprint density at radius 3 is 2.75 bits per heavy atom. The number of carbonyl (C=O) groups excluding carboxylic acids is 2. The second-order valence-electron chi connectivity index (χ2n) is 4.51. The summed E-state index contributed by atoms with van der Waals surface area (Å²) in [5.41, 5.74) is 0.816. The molecule has 0 saturated heterocycles. The van der Waals surface area contributed by atoms with Crippen LogP contribution in [0.2, 0.25) is 0 Å². The molecule has 0 saturated carbocycles. The third kappa shape index (κ3) is 2.80. The minimum Gasteiger partial charge on any atom is -0.467 e. The summed E-state index contributed by atoms with van der Waals surface area (Å²) in [6.07, 6.45) is 3.07. The van der Waals surface area contributed by atoms with Gasteiger partial charge in [0.25, 0.3) is 5.91 Å². The summed E-state index contributed by atoms with van der Waals surface area (Å²) in [7, 11) is 1.68. The number of nitrogens with one attached hydrogen (secondary N) is 1. The van der Waals surface area contributed by atoms with Crippen molar-refractivity contribution in [2.45, 2.75) is 13.0 Å². The Bertz CT molecular complexity index is 613. The second-order valence-corrected chi connectivity index (χ2v) is 4.51.